The van der Waals surface area contributed by atoms with E-state index in [1.54, 1.807) is 6.07 Å². The molecule has 0 saturated carbocycles. The van der Waals surface area contributed by atoms with Gasteiger partial charge in [-0.25, -0.2) is 0 Å². The Morgan fingerprint density at radius 3 is 2.21 bits per heavy atom. The standard InChI is InChI=1S/C10H4Cl4/c11-7-4-5-2-1-3-6(5)8(12)10(14)9(7)13/h1-4H. The predicted octanol–water partition coefficient (Wildman–Crippen LogP) is 5.41. The van der Waals surface area contributed by atoms with Gasteiger partial charge in [-0.1, -0.05) is 64.6 Å². The summed E-state index contributed by atoms with van der Waals surface area (Å²) in [4.78, 5) is 0. The van der Waals surface area contributed by atoms with Crippen molar-refractivity contribution in [1.82, 2.24) is 0 Å². The highest BCUT2D eigenvalue weighted by molar-refractivity contribution is 6.52. The largest absolute Gasteiger partial charge is 0.0826 e. The lowest BCUT2D eigenvalue weighted by Gasteiger charge is -1.95. The van der Waals surface area contributed by atoms with E-state index in [4.69, 9.17) is 46.4 Å². The number of fused-ring (bicyclic) bond motifs is 1. The zero-order valence-electron chi connectivity index (χ0n) is 6.82. The first-order valence-electron chi connectivity index (χ1n) is 3.83. The predicted molar refractivity (Wildman–Crippen MR) is 63.1 cm³/mol. The van der Waals surface area contributed by atoms with E-state index in [-0.39, 0.29) is 5.02 Å². The van der Waals surface area contributed by atoms with Gasteiger partial charge in [0.25, 0.3) is 0 Å². The van der Waals surface area contributed by atoms with Crippen molar-refractivity contribution in [1.29, 1.82) is 0 Å². The first-order chi connectivity index (χ1) is 6.61. The average Bonchev–Trinajstić information content (AvgIpc) is 2.59. The summed E-state index contributed by atoms with van der Waals surface area (Å²) in [6, 6.07) is 7.41. The molecule has 0 spiro atoms. The van der Waals surface area contributed by atoms with E-state index in [1.165, 1.54) is 0 Å². The Kier molecular flexibility index (Phi) is 2.81. The molecule has 0 aliphatic heterocycles. The van der Waals surface area contributed by atoms with Gasteiger partial charge in [-0.05, 0) is 11.6 Å². The number of rotatable bonds is 0. The molecular formula is C10H4Cl4. The van der Waals surface area contributed by atoms with Gasteiger partial charge in [-0.15, -0.1) is 0 Å². The van der Waals surface area contributed by atoms with E-state index in [9.17, 15) is 0 Å². The summed E-state index contributed by atoms with van der Waals surface area (Å²) >= 11 is 23.8. The van der Waals surface area contributed by atoms with Crippen LogP contribution in [0.2, 0.25) is 20.1 Å². The van der Waals surface area contributed by atoms with Gasteiger partial charge in [-0.3, -0.25) is 0 Å². The van der Waals surface area contributed by atoms with Crippen molar-refractivity contribution >= 4 is 46.4 Å². The molecule has 0 aromatic rings. The highest BCUT2D eigenvalue weighted by Crippen LogP contribution is 2.41. The summed E-state index contributed by atoms with van der Waals surface area (Å²) in [7, 11) is 0. The lowest BCUT2D eigenvalue weighted by molar-refractivity contribution is 1.83. The van der Waals surface area contributed by atoms with Crippen LogP contribution in [0, 0.1) is 0 Å². The molecule has 0 bridgehead atoms. The van der Waals surface area contributed by atoms with Crippen molar-refractivity contribution in [2.45, 2.75) is 0 Å². The topological polar surface area (TPSA) is 0 Å². The molecule has 0 nitrogen and oxygen atoms in total. The molecule has 0 fully saturated rings. The van der Waals surface area contributed by atoms with Crippen molar-refractivity contribution in [3.8, 4) is 11.1 Å². The molecule has 0 unspecified atom stereocenters. The fourth-order valence-electron chi connectivity index (χ4n) is 1.28. The molecule has 0 amide bonds. The van der Waals surface area contributed by atoms with Crippen LogP contribution in [0.25, 0.3) is 11.1 Å². The van der Waals surface area contributed by atoms with Crippen LogP contribution in [0.3, 0.4) is 0 Å². The maximum Gasteiger partial charge on any atom is 0.0800 e. The third kappa shape index (κ3) is 1.57. The third-order valence-electron chi connectivity index (χ3n) is 1.96. The maximum absolute atomic E-state index is 6.05. The Balaban J connectivity index is 2.91. The van der Waals surface area contributed by atoms with Gasteiger partial charge in [0, 0.05) is 5.56 Å². The van der Waals surface area contributed by atoms with Crippen LogP contribution in [-0.4, -0.2) is 0 Å². The minimum absolute atomic E-state index is 0.287. The van der Waals surface area contributed by atoms with Gasteiger partial charge in [0.1, 0.15) is 0 Å². The van der Waals surface area contributed by atoms with Crippen molar-refractivity contribution in [3.63, 3.8) is 0 Å². The van der Waals surface area contributed by atoms with Gasteiger partial charge in [-0.2, -0.15) is 0 Å². The Morgan fingerprint density at radius 1 is 0.786 bits per heavy atom. The quantitative estimate of drug-likeness (QED) is 0.598. The minimum Gasteiger partial charge on any atom is -0.0826 e. The Labute approximate surface area is 102 Å². The van der Waals surface area contributed by atoms with Crippen LogP contribution in [0.15, 0.2) is 24.3 Å². The molecule has 4 heteroatoms. The average molecular weight is 266 g/mol. The van der Waals surface area contributed by atoms with Gasteiger partial charge < -0.3 is 0 Å². The molecule has 14 heavy (non-hydrogen) atoms. The monoisotopic (exact) mass is 264 g/mol. The molecule has 0 aromatic carbocycles. The van der Waals surface area contributed by atoms with Gasteiger partial charge in [0.2, 0.25) is 0 Å². The van der Waals surface area contributed by atoms with E-state index in [0.717, 1.165) is 11.1 Å². The van der Waals surface area contributed by atoms with Gasteiger partial charge in [0.15, 0.2) is 0 Å². The maximum atomic E-state index is 6.05. The van der Waals surface area contributed by atoms with E-state index >= 15 is 0 Å². The Hall–Kier alpha value is -0.140. The van der Waals surface area contributed by atoms with Crippen molar-refractivity contribution < 1.29 is 0 Å². The highest BCUT2D eigenvalue weighted by Gasteiger charge is 2.13. The normalized spacial score (nSPS) is 10.9. The lowest BCUT2D eigenvalue weighted by Crippen LogP contribution is -1.68. The van der Waals surface area contributed by atoms with Gasteiger partial charge >= 0.3 is 0 Å². The van der Waals surface area contributed by atoms with E-state index in [2.05, 4.69) is 0 Å². The summed E-state index contributed by atoms with van der Waals surface area (Å²) < 4.78 is 0. The molecule has 0 aromatic heterocycles. The molecule has 72 valence electrons. The molecule has 0 N–H and O–H groups in total. The summed E-state index contributed by atoms with van der Waals surface area (Å²) in [5, 5.41) is 1.41. The van der Waals surface area contributed by atoms with E-state index in [0.29, 0.717) is 15.1 Å². The van der Waals surface area contributed by atoms with Gasteiger partial charge in [0.05, 0.1) is 20.1 Å². The number of hydrogen-bond donors (Lipinski definition) is 0. The SMILES string of the molecule is Clc1cc2cccc-2c(Cl)c(Cl)c1Cl. The smallest absolute Gasteiger partial charge is 0.0800 e. The Bertz CT molecular complexity index is 464. The summed E-state index contributed by atoms with van der Waals surface area (Å²) in [5.74, 6) is 0. The summed E-state index contributed by atoms with van der Waals surface area (Å²) in [6.45, 7) is 0. The third-order valence-corrected chi connectivity index (χ3v) is 3.71. The van der Waals surface area contributed by atoms with Crippen molar-refractivity contribution in [3.05, 3.63) is 44.4 Å². The summed E-state index contributed by atoms with van der Waals surface area (Å²) in [6.07, 6.45) is 0. The molecule has 0 saturated heterocycles. The fourth-order valence-corrected chi connectivity index (χ4v) is 2.21. The second-order valence-corrected chi connectivity index (χ2v) is 4.37. The molecular weight excluding hydrogens is 262 g/mol. The molecule has 0 heterocycles. The zero-order chi connectivity index (χ0) is 10.3. The lowest BCUT2D eigenvalue weighted by atomic mass is 10.2. The van der Waals surface area contributed by atoms with E-state index < -0.39 is 0 Å². The minimum atomic E-state index is 0.287. The van der Waals surface area contributed by atoms with Crippen LogP contribution < -0.4 is 0 Å². The van der Waals surface area contributed by atoms with Crippen LogP contribution in [0.5, 0.6) is 0 Å². The van der Waals surface area contributed by atoms with Crippen molar-refractivity contribution in [2.75, 3.05) is 0 Å². The zero-order valence-corrected chi connectivity index (χ0v) is 9.84. The number of halogens is 4. The second-order valence-electron chi connectivity index (χ2n) is 2.83. The van der Waals surface area contributed by atoms with E-state index in [1.807, 2.05) is 18.2 Å². The summed E-state index contributed by atoms with van der Waals surface area (Å²) in [5.41, 5.74) is 1.78. The number of hydrogen-bond acceptors (Lipinski definition) is 0. The highest BCUT2D eigenvalue weighted by atomic mass is 35.5. The molecule has 0 radical (unpaired) electrons. The van der Waals surface area contributed by atoms with Crippen LogP contribution >= 0.6 is 46.4 Å². The molecule has 0 atom stereocenters. The first kappa shape index (κ1) is 10.4. The molecule has 2 rings (SSSR count). The first-order valence-corrected chi connectivity index (χ1v) is 5.34. The molecule has 2 aliphatic carbocycles. The molecule has 2 aliphatic rings. The van der Waals surface area contributed by atoms with Crippen LogP contribution in [-0.2, 0) is 0 Å². The van der Waals surface area contributed by atoms with Crippen molar-refractivity contribution in [2.24, 2.45) is 0 Å². The van der Waals surface area contributed by atoms with Crippen LogP contribution in [0.4, 0.5) is 0 Å². The van der Waals surface area contributed by atoms with Crippen LogP contribution in [0.1, 0.15) is 0 Å². The Morgan fingerprint density at radius 2 is 1.50 bits per heavy atom. The fraction of sp³-hybridized carbons (Fsp3) is 0. The second kappa shape index (κ2) is 3.79.